The number of anilines is 1. The van der Waals surface area contributed by atoms with Gasteiger partial charge in [0.05, 0.1) is 17.7 Å². The number of carboxylic acids is 1. The van der Waals surface area contributed by atoms with E-state index in [0.29, 0.717) is 22.1 Å². The van der Waals surface area contributed by atoms with Gasteiger partial charge in [0.15, 0.2) is 0 Å². The van der Waals surface area contributed by atoms with Gasteiger partial charge in [0.25, 0.3) is 11.8 Å². The molecule has 1 aliphatic heterocycles. The summed E-state index contributed by atoms with van der Waals surface area (Å²) < 4.78 is 27.3. The number of hydrogen-bond acceptors (Lipinski definition) is 4. The highest BCUT2D eigenvalue weighted by molar-refractivity contribution is 7.17. The van der Waals surface area contributed by atoms with Crippen LogP contribution in [0.15, 0.2) is 60.7 Å². The van der Waals surface area contributed by atoms with Crippen molar-refractivity contribution in [1.82, 2.24) is 4.90 Å². The van der Waals surface area contributed by atoms with Crippen LogP contribution in [0.4, 0.5) is 13.8 Å². The van der Waals surface area contributed by atoms with E-state index in [1.165, 1.54) is 4.90 Å². The normalized spacial score (nSPS) is 12.9. The lowest BCUT2D eigenvalue weighted by molar-refractivity contribution is 0.0696. The quantitative estimate of drug-likeness (QED) is 0.403. The van der Waals surface area contributed by atoms with Gasteiger partial charge in [0.2, 0.25) is 0 Å². The predicted octanol–water partition coefficient (Wildman–Crippen LogP) is 5.33. The fourth-order valence-corrected chi connectivity index (χ4v) is 5.48. The van der Waals surface area contributed by atoms with Crippen molar-refractivity contribution in [3.8, 4) is 0 Å². The van der Waals surface area contributed by atoms with E-state index in [9.17, 15) is 28.3 Å². The zero-order valence-corrected chi connectivity index (χ0v) is 19.0. The molecule has 9 heteroatoms. The Morgan fingerprint density at radius 2 is 1.74 bits per heavy atom. The van der Waals surface area contributed by atoms with E-state index in [4.69, 9.17) is 0 Å². The minimum atomic E-state index is -1.18. The van der Waals surface area contributed by atoms with Gasteiger partial charge in [-0.25, -0.2) is 13.6 Å². The molecular weight excluding hydrogens is 474 g/mol. The van der Waals surface area contributed by atoms with Crippen LogP contribution in [0.1, 0.15) is 41.5 Å². The van der Waals surface area contributed by atoms with Gasteiger partial charge in [0, 0.05) is 23.1 Å². The number of carboxylic acid groups (broad SMARTS) is 1. The van der Waals surface area contributed by atoms with Crippen LogP contribution in [0.3, 0.4) is 0 Å². The zero-order valence-electron chi connectivity index (χ0n) is 18.2. The predicted molar refractivity (Wildman–Crippen MR) is 128 cm³/mol. The molecule has 6 nitrogen and oxygen atoms in total. The van der Waals surface area contributed by atoms with E-state index in [1.54, 1.807) is 12.1 Å². The van der Waals surface area contributed by atoms with E-state index < -0.39 is 29.4 Å². The number of nitrogens with zero attached hydrogens (tertiary/aromatic N) is 1. The first-order valence-electron chi connectivity index (χ1n) is 10.7. The standard InChI is InChI=1S/C26H18F2N2O4S/c27-17-7-8-18(20(28)12-17)25(32)30-10-9-19-21(13-30)35-24(22(19)26(33)34)29-23(31)16-6-5-14-3-1-2-4-15(14)11-16/h1-8,11-12H,9-10,13H2,(H,29,31)(H,33,34). The SMILES string of the molecule is O=C(Nc1sc2c(c1C(=O)O)CCN(C(=O)c1ccc(F)cc1F)C2)c1ccc2ccccc2c1. The molecule has 2 N–H and O–H groups in total. The Bertz CT molecular complexity index is 1510. The second kappa shape index (κ2) is 8.92. The van der Waals surface area contributed by atoms with Crippen LogP contribution in [0.5, 0.6) is 0 Å². The second-order valence-corrected chi connectivity index (χ2v) is 9.24. The van der Waals surface area contributed by atoms with Gasteiger partial charge in [0.1, 0.15) is 16.6 Å². The molecule has 2 heterocycles. The third-order valence-electron chi connectivity index (χ3n) is 5.96. The van der Waals surface area contributed by atoms with E-state index in [-0.39, 0.29) is 35.6 Å². The van der Waals surface area contributed by atoms with Crippen molar-refractivity contribution in [2.75, 3.05) is 11.9 Å². The lowest BCUT2D eigenvalue weighted by Crippen LogP contribution is -2.36. The van der Waals surface area contributed by atoms with Gasteiger partial charge in [-0.1, -0.05) is 30.3 Å². The summed E-state index contributed by atoms with van der Waals surface area (Å²) >= 11 is 1.08. The van der Waals surface area contributed by atoms with Crippen molar-refractivity contribution < 1.29 is 28.3 Å². The Hall–Kier alpha value is -4.11. The number of thiophene rings is 1. The number of benzene rings is 3. The molecule has 0 saturated heterocycles. The third-order valence-corrected chi connectivity index (χ3v) is 7.09. The van der Waals surface area contributed by atoms with Gasteiger partial charge < -0.3 is 15.3 Å². The highest BCUT2D eigenvalue weighted by atomic mass is 32.1. The van der Waals surface area contributed by atoms with Gasteiger partial charge in [-0.05, 0) is 47.0 Å². The van der Waals surface area contributed by atoms with Crippen molar-refractivity contribution in [2.45, 2.75) is 13.0 Å². The summed E-state index contributed by atoms with van der Waals surface area (Å²) in [5, 5.41) is 14.6. The maximum atomic E-state index is 14.1. The molecule has 0 spiro atoms. The number of hydrogen-bond donors (Lipinski definition) is 2. The van der Waals surface area contributed by atoms with Crippen molar-refractivity contribution in [2.24, 2.45) is 0 Å². The van der Waals surface area contributed by atoms with E-state index in [0.717, 1.165) is 34.2 Å². The molecule has 1 aromatic heterocycles. The van der Waals surface area contributed by atoms with Crippen LogP contribution < -0.4 is 5.32 Å². The molecule has 0 atom stereocenters. The fraction of sp³-hybridized carbons (Fsp3) is 0.115. The molecule has 0 bridgehead atoms. The number of carbonyl (C=O) groups excluding carboxylic acids is 2. The fourth-order valence-electron chi connectivity index (χ4n) is 4.23. The summed E-state index contributed by atoms with van der Waals surface area (Å²) in [5.41, 5.74) is 0.670. The van der Waals surface area contributed by atoms with Crippen LogP contribution >= 0.6 is 11.3 Å². The first kappa shape index (κ1) is 22.7. The van der Waals surface area contributed by atoms with Gasteiger partial charge in [-0.3, -0.25) is 9.59 Å². The Labute approximate surface area is 202 Å². The molecule has 5 rings (SSSR count). The molecule has 0 aliphatic carbocycles. The smallest absolute Gasteiger partial charge is 0.339 e. The van der Waals surface area contributed by atoms with Crippen molar-refractivity contribution in [3.63, 3.8) is 0 Å². The number of fused-ring (bicyclic) bond motifs is 2. The van der Waals surface area contributed by atoms with Crippen LogP contribution in [0, 0.1) is 11.6 Å². The van der Waals surface area contributed by atoms with Crippen LogP contribution in [-0.4, -0.2) is 34.3 Å². The summed E-state index contributed by atoms with van der Waals surface area (Å²) in [6.07, 6.45) is 0.230. The van der Waals surface area contributed by atoms with Crippen LogP contribution in [0.2, 0.25) is 0 Å². The van der Waals surface area contributed by atoms with Gasteiger partial charge in [-0.2, -0.15) is 0 Å². The highest BCUT2D eigenvalue weighted by Crippen LogP contribution is 2.38. The van der Waals surface area contributed by atoms with Crippen LogP contribution in [-0.2, 0) is 13.0 Å². The van der Waals surface area contributed by atoms with Gasteiger partial charge in [-0.15, -0.1) is 11.3 Å². The lowest BCUT2D eigenvalue weighted by atomic mass is 10.0. The maximum Gasteiger partial charge on any atom is 0.339 e. The summed E-state index contributed by atoms with van der Waals surface area (Å²) in [6, 6.07) is 15.6. The zero-order chi connectivity index (χ0) is 24.7. The average Bonchev–Trinajstić information content (AvgIpc) is 3.20. The monoisotopic (exact) mass is 492 g/mol. The molecule has 4 aromatic rings. The number of halogens is 2. The van der Waals surface area contributed by atoms with E-state index in [2.05, 4.69) is 5.32 Å². The first-order chi connectivity index (χ1) is 16.8. The molecule has 176 valence electrons. The maximum absolute atomic E-state index is 14.1. The van der Waals surface area contributed by atoms with E-state index in [1.807, 2.05) is 30.3 Å². The minimum absolute atomic E-state index is 0.000740. The van der Waals surface area contributed by atoms with Crippen LogP contribution in [0.25, 0.3) is 10.8 Å². The average molecular weight is 493 g/mol. The van der Waals surface area contributed by atoms with Crippen molar-refractivity contribution in [3.05, 3.63) is 99.4 Å². The minimum Gasteiger partial charge on any atom is -0.478 e. The first-order valence-corrected chi connectivity index (χ1v) is 11.6. The number of rotatable bonds is 4. The summed E-state index contributed by atoms with van der Waals surface area (Å²) in [4.78, 5) is 39.8. The highest BCUT2D eigenvalue weighted by Gasteiger charge is 2.31. The summed E-state index contributed by atoms with van der Waals surface area (Å²) in [6.45, 7) is 0.222. The number of aromatic carboxylic acids is 1. The molecule has 0 fully saturated rings. The third kappa shape index (κ3) is 4.26. The molecule has 0 saturated carbocycles. The second-order valence-electron chi connectivity index (χ2n) is 8.13. The van der Waals surface area contributed by atoms with E-state index >= 15 is 0 Å². The Balaban J connectivity index is 1.42. The van der Waals surface area contributed by atoms with Crippen molar-refractivity contribution in [1.29, 1.82) is 0 Å². The molecule has 2 amide bonds. The summed E-state index contributed by atoms with van der Waals surface area (Å²) in [5.74, 6) is -3.98. The largest absolute Gasteiger partial charge is 0.478 e. The molecule has 1 aliphatic rings. The van der Waals surface area contributed by atoms with Crippen molar-refractivity contribution >= 4 is 44.9 Å². The van der Waals surface area contributed by atoms with Gasteiger partial charge >= 0.3 is 5.97 Å². The lowest BCUT2D eigenvalue weighted by Gasteiger charge is -2.27. The molecule has 0 unspecified atom stereocenters. The number of nitrogens with one attached hydrogen (secondary N) is 1. The molecule has 35 heavy (non-hydrogen) atoms. The topological polar surface area (TPSA) is 86.7 Å². The Kier molecular flexibility index (Phi) is 5.78. The Morgan fingerprint density at radius 3 is 2.49 bits per heavy atom. The Morgan fingerprint density at radius 1 is 0.971 bits per heavy atom. The summed E-state index contributed by atoms with van der Waals surface area (Å²) in [7, 11) is 0. The molecular formula is C26H18F2N2O4S. The molecule has 3 aromatic carbocycles. The number of carbonyl (C=O) groups is 3. The number of amides is 2. The molecule has 0 radical (unpaired) electrons.